The van der Waals surface area contributed by atoms with E-state index in [-0.39, 0.29) is 6.04 Å². The van der Waals surface area contributed by atoms with Gasteiger partial charge in [-0.25, -0.2) is 0 Å². The minimum atomic E-state index is -3.32. The quantitative estimate of drug-likeness (QED) is 0.843. The van der Waals surface area contributed by atoms with E-state index < -0.39 is 10.2 Å². The van der Waals surface area contributed by atoms with Crippen molar-refractivity contribution in [1.82, 2.24) is 8.61 Å². The van der Waals surface area contributed by atoms with Crippen LogP contribution in [0.4, 0.5) is 0 Å². The van der Waals surface area contributed by atoms with E-state index in [1.54, 1.807) is 8.61 Å². The van der Waals surface area contributed by atoms with Crippen LogP contribution in [0.2, 0.25) is 0 Å². The monoisotopic (exact) mass is 289 g/mol. The Balaban J connectivity index is 2.13. The summed E-state index contributed by atoms with van der Waals surface area (Å²) in [6.07, 6.45) is 3.93. The Labute approximate surface area is 117 Å². The van der Waals surface area contributed by atoms with E-state index in [0.29, 0.717) is 38.0 Å². The molecule has 2 saturated heterocycles. The average molecular weight is 289 g/mol. The molecule has 2 N–H and O–H groups in total. The molecule has 0 amide bonds. The first-order valence-corrected chi connectivity index (χ1v) is 8.81. The minimum absolute atomic E-state index is 0.0222. The summed E-state index contributed by atoms with van der Waals surface area (Å²) in [4.78, 5) is 0. The average Bonchev–Trinajstić information content (AvgIpc) is 2.38. The van der Waals surface area contributed by atoms with Crippen LogP contribution in [0, 0.1) is 11.8 Å². The number of hydrogen-bond donors (Lipinski definition) is 1. The van der Waals surface area contributed by atoms with Crippen LogP contribution in [0.15, 0.2) is 0 Å². The van der Waals surface area contributed by atoms with E-state index in [1.165, 1.54) is 0 Å². The third-order valence-corrected chi connectivity index (χ3v) is 6.50. The minimum Gasteiger partial charge on any atom is -0.329 e. The molecule has 19 heavy (non-hydrogen) atoms. The maximum Gasteiger partial charge on any atom is 0.282 e. The van der Waals surface area contributed by atoms with E-state index in [4.69, 9.17) is 5.73 Å². The lowest BCUT2D eigenvalue weighted by Crippen LogP contribution is -2.55. The summed E-state index contributed by atoms with van der Waals surface area (Å²) in [6.45, 7) is 6.67. The second-order valence-electron chi connectivity index (χ2n) is 6.24. The fourth-order valence-electron chi connectivity index (χ4n) is 3.25. The zero-order chi connectivity index (χ0) is 14.0. The van der Waals surface area contributed by atoms with Crippen molar-refractivity contribution in [2.75, 3.05) is 26.2 Å². The van der Waals surface area contributed by atoms with Crippen LogP contribution >= 0.6 is 0 Å². The fourth-order valence-corrected chi connectivity index (χ4v) is 5.24. The summed E-state index contributed by atoms with van der Waals surface area (Å²) in [5.74, 6) is 1.03. The van der Waals surface area contributed by atoms with E-state index in [0.717, 1.165) is 25.7 Å². The van der Waals surface area contributed by atoms with Gasteiger partial charge in [0.1, 0.15) is 0 Å². The topological polar surface area (TPSA) is 66.6 Å². The van der Waals surface area contributed by atoms with Gasteiger partial charge in [0.25, 0.3) is 10.2 Å². The first kappa shape index (κ1) is 15.2. The van der Waals surface area contributed by atoms with Crippen LogP contribution < -0.4 is 5.73 Å². The third kappa shape index (κ3) is 3.29. The molecule has 0 aromatic rings. The number of piperidine rings is 2. The van der Waals surface area contributed by atoms with E-state index in [1.807, 2.05) is 0 Å². The number of rotatable bonds is 3. The third-order valence-electron chi connectivity index (χ3n) is 4.44. The van der Waals surface area contributed by atoms with E-state index in [9.17, 15) is 8.42 Å². The molecule has 3 atom stereocenters. The molecular formula is C13H27N3O2S. The molecule has 2 aliphatic rings. The van der Waals surface area contributed by atoms with Crippen LogP contribution in [0.5, 0.6) is 0 Å². The molecule has 0 spiro atoms. The van der Waals surface area contributed by atoms with Gasteiger partial charge in [-0.1, -0.05) is 13.8 Å². The highest BCUT2D eigenvalue weighted by Crippen LogP contribution is 2.28. The Bertz CT molecular complexity index is 399. The Kier molecular flexibility index (Phi) is 4.87. The Morgan fingerprint density at radius 3 is 2.53 bits per heavy atom. The second-order valence-corrected chi connectivity index (χ2v) is 8.12. The lowest BCUT2D eigenvalue weighted by atomic mass is 9.94. The van der Waals surface area contributed by atoms with Gasteiger partial charge in [-0.05, 0) is 37.5 Å². The number of hydrogen-bond acceptors (Lipinski definition) is 3. The Morgan fingerprint density at radius 2 is 1.89 bits per heavy atom. The van der Waals surface area contributed by atoms with Crippen LogP contribution in [-0.2, 0) is 10.2 Å². The molecule has 3 unspecified atom stereocenters. The Morgan fingerprint density at radius 1 is 1.16 bits per heavy atom. The first-order chi connectivity index (χ1) is 8.95. The highest BCUT2D eigenvalue weighted by atomic mass is 32.2. The van der Waals surface area contributed by atoms with Crippen LogP contribution in [-0.4, -0.2) is 49.2 Å². The summed E-state index contributed by atoms with van der Waals surface area (Å²) in [7, 11) is -3.32. The molecule has 6 heteroatoms. The fraction of sp³-hybridized carbons (Fsp3) is 1.00. The van der Waals surface area contributed by atoms with Gasteiger partial charge in [0, 0.05) is 32.2 Å². The van der Waals surface area contributed by atoms with E-state index >= 15 is 0 Å². The van der Waals surface area contributed by atoms with Gasteiger partial charge >= 0.3 is 0 Å². The van der Waals surface area contributed by atoms with Crippen molar-refractivity contribution >= 4 is 10.2 Å². The number of nitrogens with zero attached hydrogens (tertiary/aromatic N) is 2. The van der Waals surface area contributed by atoms with Crippen LogP contribution in [0.25, 0.3) is 0 Å². The molecule has 2 heterocycles. The molecule has 0 aromatic carbocycles. The van der Waals surface area contributed by atoms with Crippen molar-refractivity contribution in [3.8, 4) is 0 Å². The molecule has 0 radical (unpaired) electrons. The van der Waals surface area contributed by atoms with Gasteiger partial charge in [-0.15, -0.1) is 0 Å². The lowest BCUT2D eigenvalue weighted by Gasteiger charge is -2.41. The normalized spacial score (nSPS) is 35.4. The maximum absolute atomic E-state index is 12.8. The molecule has 2 fully saturated rings. The summed E-state index contributed by atoms with van der Waals surface area (Å²) in [6, 6.07) is -0.0222. The predicted molar refractivity (Wildman–Crippen MR) is 76.8 cm³/mol. The first-order valence-electron chi connectivity index (χ1n) is 7.42. The van der Waals surface area contributed by atoms with Gasteiger partial charge in [0.15, 0.2) is 0 Å². The molecule has 2 aliphatic heterocycles. The van der Waals surface area contributed by atoms with E-state index in [2.05, 4.69) is 13.8 Å². The maximum atomic E-state index is 12.8. The largest absolute Gasteiger partial charge is 0.329 e. The molecular weight excluding hydrogens is 262 g/mol. The highest BCUT2D eigenvalue weighted by molar-refractivity contribution is 7.86. The molecule has 2 rings (SSSR count). The SMILES string of the molecule is CC1CCN(S(=O)(=O)N2CCCC(C)C2)C(CN)C1. The zero-order valence-electron chi connectivity index (χ0n) is 12.1. The van der Waals surface area contributed by atoms with Gasteiger partial charge in [0.05, 0.1) is 0 Å². The smallest absolute Gasteiger partial charge is 0.282 e. The highest BCUT2D eigenvalue weighted by Gasteiger charge is 2.38. The van der Waals surface area contributed by atoms with Crippen molar-refractivity contribution in [3.05, 3.63) is 0 Å². The summed E-state index contributed by atoms with van der Waals surface area (Å²) < 4.78 is 28.8. The molecule has 112 valence electrons. The van der Waals surface area contributed by atoms with Gasteiger partial charge in [-0.3, -0.25) is 0 Å². The van der Waals surface area contributed by atoms with Crippen molar-refractivity contribution in [3.63, 3.8) is 0 Å². The zero-order valence-corrected chi connectivity index (χ0v) is 12.9. The summed E-state index contributed by atoms with van der Waals surface area (Å²) in [5, 5.41) is 0. The molecule has 0 saturated carbocycles. The predicted octanol–water partition coefficient (Wildman–Crippen LogP) is 1.02. The Hall–Kier alpha value is -0.170. The molecule has 0 aromatic heterocycles. The van der Waals surface area contributed by atoms with Gasteiger partial charge in [-0.2, -0.15) is 17.0 Å². The summed E-state index contributed by atoms with van der Waals surface area (Å²) >= 11 is 0. The number of nitrogens with two attached hydrogens (primary N) is 1. The molecule has 0 bridgehead atoms. The van der Waals surface area contributed by atoms with Crippen LogP contribution in [0.3, 0.4) is 0 Å². The van der Waals surface area contributed by atoms with Crippen molar-refractivity contribution in [2.45, 2.75) is 45.6 Å². The van der Waals surface area contributed by atoms with Crippen LogP contribution in [0.1, 0.15) is 39.5 Å². The van der Waals surface area contributed by atoms with Crippen molar-refractivity contribution in [1.29, 1.82) is 0 Å². The summed E-state index contributed by atoms with van der Waals surface area (Å²) in [5.41, 5.74) is 5.78. The van der Waals surface area contributed by atoms with Crippen molar-refractivity contribution < 1.29 is 8.42 Å². The lowest BCUT2D eigenvalue weighted by molar-refractivity contribution is 0.185. The van der Waals surface area contributed by atoms with Gasteiger partial charge < -0.3 is 5.73 Å². The molecule has 5 nitrogen and oxygen atoms in total. The second kappa shape index (κ2) is 6.08. The van der Waals surface area contributed by atoms with Gasteiger partial charge in [0.2, 0.25) is 0 Å². The van der Waals surface area contributed by atoms with Crippen molar-refractivity contribution in [2.24, 2.45) is 17.6 Å². The molecule has 0 aliphatic carbocycles. The standard InChI is InChI=1S/C13H27N3O2S/c1-11-5-7-16(13(8-11)9-14)19(17,18)15-6-3-4-12(2)10-15/h11-13H,3-10,14H2,1-2H3.